The topological polar surface area (TPSA) is 71.1 Å². The van der Waals surface area contributed by atoms with Gasteiger partial charge in [-0.3, -0.25) is 9.59 Å². The summed E-state index contributed by atoms with van der Waals surface area (Å²) in [7, 11) is 0. The predicted octanol–water partition coefficient (Wildman–Crippen LogP) is 3.89. The van der Waals surface area contributed by atoms with Crippen LogP contribution < -0.4 is 10.6 Å². The van der Waals surface area contributed by atoms with E-state index in [1.165, 1.54) is 11.8 Å². The number of nitrogens with zero attached hydrogens (tertiary/aromatic N) is 1. The lowest BCUT2D eigenvalue weighted by Gasteiger charge is -2.12. The monoisotopic (exact) mass is 419 g/mol. The van der Waals surface area contributed by atoms with Crippen LogP contribution in [-0.2, 0) is 9.59 Å². The van der Waals surface area contributed by atoms with Crippen LogP contribution in [0.3, 0.4) is 0 Å². The number of halogens is 3. The molecule has 150 valence electrons. The fourth-order valence-electron chi connectivity index (χ4n) is 2.48. The van der Waals surface area contributed by atoms with Gasteiger partial charge in [0.15, 0.2) is 17.5 Å². The summed E-state index contributed by atoms with van der Waals surface area (Å²) in [6.07, 6.45) is 0. The molecule has 0 spiro atoms. The highest BCUT2D eigenvalue weighted by Gasteiger charge is 2.18. The number of carbonyl (C=O) groups is 2. The van der Waals surface area contributed by atoms with E-state index in [1.807, 2.05) is 30.3 Å². The standard InChI is InChI=1S/C20H16F3N3O2S/c1-11(29-17-9-6-12-4-2-3-5-14(12)26-17)20(28)24-10-16(27)25-15-8-7-13(21)18(22)19(15)23/h2-9,11H,10H2,1H3,(H,24,28)(H,25,27). The van der Waals surface area contributed by atoms with Crippen molar-refractivity contribution >= 4 is 40.2 Å². The molecule has 0 saturated carbocycles. The average Bonchev–Trinajstić information content (AvgIpc) is 2.72. The van der Waals surface area contributed by atoms with Gasteiger partial charge >= 0.3 is 0 Å². The largest absolute Gasteiger partial charge is 0.346 e. The second-order valence-corrected chi connectivity index (χ2v) is 7.45. The first-order valence-electron chi connectivity index (χ1n) is 8.58. The first-order valence-corrected chi connectivity index (χ1v) is 9.46. The molecule has 1 unspecified atom stereocenters. The number of hydrogen-bond acceptors (Lipinski definition) is 4. The molecule has 1 heterocycles. The van der Waals surface area contributed by atoms with Crippen molar-refractivity contribution in [1.82, 2.24) is 10.3 Å². The van der Waals surface area contributed by atoms with E-state index in [-0.39, 0.29) is 0 Å². The fraction of sp³-hybridized carbons (Fsp3) is 0.150. The van der Waals surface area contributed by atoms with Gasteiger partial charge in [-0.1, -0.05) is 36.0 Å². The molecular weight excluding hydrogens is 403 g/mol. The van der Waals surface area contributed by atoms with Crippen LogP contribution in [0.15, 0.2) is 53.6 Å². The zero-order chi connectivity index (χ0) is 21.0. The number of aromatic nitrogens is 1. The minimum Gasteiger partial charge on any atom is -0.346 e. The Morgan fingerprint density at radius 2 is 1.79 bits per heavy atom. The number of rotatable bonds is 6. The van der Waals surface area contributed by atoms with Gasteiger partial charge in [0.05, 0.1) is 28.0 Å². The number of carbonyl (C=O) groups excluding carboxylic acids is 2. The first-order chi connectivity index (χ1) is 13.8. The van der Waals surface area contributed by atoms with Crippen molar-refractivity contribution in [2.75, 3.05) is 11.9 Å². The molecule has 3 aromatic rings. The van der Waals surface area contributed by atoms with Gasteiger partial charge in [-0.25, -0.2) is 18.2 Å². The molecule has 29 heavy (non-hydrogen) atoms. The number of fused-ring (bicyclic) bond motifs is 1. The smallest absolute Gasteiger partial charge is 0.243 e. The lowest BCUT2D eigenvalue weighted by atomic mass is 10.2. The van der Waals surface area contributed by atoms with Gasteiger partial charge in [-0.15, -0.1) is 0 Å². The van der Waals surface area contributed by atoms with E-state index >= 15 is 0 Å². The minimum absolute atomic E-state index is 0.425. The van der Waals surface area contributed by atoms with Crippen LogP contribution in [0.1, 0.15) is 6.92 Å². The number of thioether (sulfide) groups is 1. The zero-order valence-corrected chi connectivity index (χ0v) is 16.0. The Balaban J connectivity index is 1.54. The third-order valence-corrected chi connectivity index (χ3v) is 5.01. The van der Waals surface area contributed by atoms with Crippen LogP contribution in [0.2, 0.25) is 0 Å². The molecule has 0 aliphatic heterocycles. The van der Waals surface area contributed by atoms with Crippen LogP contribution >= 0.6 is 11.8 Å². The quantitative estimate of drug-likeness (QED) is 0.470. The highest BCUT2D eigenvalue weighted by atomic mass is 32.2. The maximum Gasteiger partial charge on any atom is 0.243 e. The Morgan fingerprint density at radius 3 is 2.59 bits per heavy atom. The molecule has 2 N–H and O–H groups in total. The lowest BCUT2D eigenvalue weighted by molar-refractivity contribution is -0.123. The van der Waals surface area contributed by atoms with Crippen LogP contribution in [0.4, 0.5) is 18.9 Å². The summed E-state index contributed by atoms with van der Waals surface area (Å²) in [5, 5.41) is 5.59. The second-order valence-electron chi connectivity index (χ2n) is 6.09. The number of hydrogen-bond donors (Lipinski definition) is 2. The number of amides is 2. The van der Waals surface area contributed by atoms with Crippen molar-refractivity contribution in [1.29, 1.82) is 0 Å². The highest BCUT2D eigenvalue weighted by molar-refractivity contribution is 8.00. The predicted molar refractivity (Wildman–Crippen MR) is 105 cm³/mol. The summed E-state index contributed by atoms with van der Waals surface area (Å²) in [5.74, 6) is -5.74. The number of para-hydroxylation sites is 1. The minimum atomic E-state index is -1.68. The molecule has 0 bridgehead atoms. The van der Waals surface area contributed by atoms with Crippen molar-refractivity contribution in [2.24, 2.45) is 0 Å². The van der Waals surface area contributed by atoms with Crippen molar-refractivity contribution < 1.29 is 22.8 Å². The normalized spacial score (nSPS) is 11.9. The molecule has 0 aliphatic carbocycles. The van der Waals surface area contributed by atoms with Gasteiger partial charge in [0.2, 0.25) is 11.8 Å². The summed E-state index contributed by atoms with van der Waals surface area (Å²) in [4.78, 5) is 28.5. The summed E-state index contributed by atoms with van der Waals surface area (Å²) in [6.45, 7) is 1.21. The van der Waals surface area contributed by atoms with Crippen LogP contribution in [0.25, 0.3) is 10.9 Å². The third kappa shape index (κ3) is 5.05. The molecule has 1 atom stereocenters. The average molecular weight is 419 g/mol. The molecular formula is C20H16F3N3O2S. The number of anilines is 1. The van der Waals surface area contributed by atoms with Crippen molar-refractivity contribution in [3.05, 3.63) is 66.0 Å². The lowest BCUT2D eigenvalue weighted by Crippen LogP contribution is -2.37. The molecule has 2 amide bonds. The number of benzene rings is 2. The van der Waals surface area contributed by atoms with Gasteiger partial charge < -0.3 is 10.6 Å². The summed E-state index contributed by atoms with van der Waals surface area (Å²) >= 11 is 1.22. The van der Waals surface area contributed by atoms with E-state index in [4.69, 9.17) is 0 Å². The molecule has 0 saturated heterocycles. The summed E-state index contributed by atoms with van der Waals surface area (Å²) in [6, 6.07) is 12.9. The molecule has 9 heteroatoms. The van der Waals surface area contributed by atoms with Gasteiger partial charge in [0.1, 0.15) is 0 Å². The second kappa shape index (κ2) is 8.95. The molecule has 2 aromatic carbocycles. The van der Waals surface area contributed by atoms with E-state index < -0.39 is 46.7 Å². The van der Waals surface area contributed by atoms with Gasteiger partial charge in [0.25, 0.3) is 0 Å². The number of nitrogens with one attached hydrogen (secondary N) is 2. The van der Waals surface area contributed by atoms with Gasteiger partial charge in [0, 0.05) is 5.39 Å². The van der Waals surface area contributed by atoms with Crippen LogP contribution in [-0.4, -0.2) is 28.6 Å². The molecule has 1 aromatic heterocycles. The molecule has 0 fully saturated rings. The molecule has 5 nitrogen and oxygen atoms in total. The maximum absolute atomic E-state index is 13.6. The van der Waals surface area contributed by atoms with E-state index in [1.54, 1.807) is 13.0 Å². The Kier molecular flexibility index (Phi) is 6.38. The SMILES string of the molecule is CC(Sc1ccc2ccccc2n1)C(=O)NCC(=O)Nc1ccc(F)c(F)c1F. The molecule has 0 radical (unpaired) electrons. The van der Waals surface area contributed by atoms with Crippen LogP contribution in [0, 0.1) is 17.5 Å². The molecule has 3 rings (SSSR count). The Hall–Kier alpha value is -3.07. The van der Waals surface area contributed by atoms with Crippen molar-refractivity contribution in [3.63, 3.8) is 0 Å². The summed E-state index contributed by atoms with van der Waals surface area (Å²) < 4.78 is 39.7. The van der Waals surface area contributed by atoms with Gasteiger partial charge in [-0.2, -0.15) is 0 Å². The van der Waals surface area contributed by atoms with Crippen molar-refractivity contribution in [2.45, 2.75) is 17.2 Å². The third-order valence-electron chi connectivity index (χ3n) is 3.97. The first kappa shape index (κ1) is 20.7. The highest BCUT2D eigenvalue weighted by Crippen LogP contribution is 2.24. The van der Waals surface area contributed by atoms with E-state index in [0.29, 0.717) is 11.1 Å². The maximum atomic E-state index is 13.6. The van der Waals surface area contributed by atoms with Crippen molar-refractivity contribution in [3.8, 4) is 0 Å². The van der Waals surface area contributed by atoms with Gasteiger partial charge in [-0.05, 0) is 31.2 Å². The number of pyridine rings is 1. The Bertz CT molecular complexity index is 1080. The fourth-order valence-corrected chi connectivity index (χ4v) is 3.33. The van der Waals surface area contributed by atoms with E-state index in [2.05, 4.69) is 15.6 Å². The summed E-state index contributed by atoms with van der Waals surface area (Å²) in [5.41, 5.74) is 0.295. The Morgan fingerprint density at radius 1 is 1.03 bits per heavy atom. The zero-order valence-electron chi connectivity index (χ0n) is 15.2. The van der Waals surface area contributed by atoms with E-state index in [9.17, 15) is 22.8 Å². The molecule has 0 aliphatic rings. The van der Waals surface area contributed by atoms with E-state index in [0.717, 1.165) is 17.0 Å². The Labute approximate surface area is 168 Å². The van der Waals surface area contributed by atoms with Crippen LogP contribution in [0.5, 0.6) is 0 Å².